The highest BCUT2D eigenvalue weighted by Crippen LogP contribution is 1.81. The van der Waals surface area contributed by atoms with Crippen LogP contribution in [0.25, 0.3) is 0 Å². The normalized spacial score (nSPS) is 8.90. The molecule has 4 heteroatoms. The Morgan fingerprint density at radius 2 is 2.40 bits per heavy atom. The topological polar surface area (TPSA) is 55.4 Å². The zero-order chi connectivity index (χ0) is 7.82. The summed E-state index contributed by atoms with van der Waals surface area (Å²) >= 11 is 0. The van der Waals surface area contributed by atoms with Gasteiger partial charge in [-0.15, -0.1) is 0 Å². The molecule has 0 aromatic heterocycles. The molecule has 58 valence electrons. The van der Waals surface area contributed by atoms with Crippen molar-refractivity contribution in [3.05, 3.63) is 0 Å². The number of ether oxygens (including phenoxy) is 1. The van der Waals surface area contributed by atoms with E-state index in [4.69, 9.17) is 0 Å². The summed E-state index contributed by atoms with van der Waals surface area (Å²) in [5.41, 5.74) is 0. The van der Waals surface area contributed by atoms with E-state index < -0.39 is 0 Å². The van der Waals surface area contributed by atoms with E-state index in [9.17, 15) is 9.59 Å². The molecule has 0 amide bonds. The summed E-state index contributed by atoms with van der Waals surface area (Å²) in [4.78, 5) is 20.2. The molecule has 0 saturated heterocycles. The van der Waals surface area contributed by atoms with Crippen LogP contribution in [-0.4, -0.2) is 32.5 Å². The maximum atomic E-state index is 10.5. The number of hydrogen-bond donors (Lipinski definition) is 1. The van der Waals surface area contributed by atoms with Crippen molar-refractivity contribution < 1.29 is 14.3 Å². The molecule has 0 bridgehead atoms. The molecule has 0 unspecified atom stereocenters. The van der Waals surface area contributed by atoms with Gasteiger partial charge in [0.15, 0.2) is 6.29 Å². The molecule has 0 aliphatic rings. The van der Waals surface area contributed by atoms with Crippen LogP contribution in [0.3, 0.4) is 0 Å². The third-order valence-corrected chi connectivity index (χ3v) is 0.891. The molecule has 0 aliphatic heterocycles. The molecule has 4 nitrogen and oxygen atoms in total. The van der Waals surface area contributed by atoms with Crippen molar-refractivity contribution >= 4 is 12.3 Å². The average molecular weight is 145 g/mol. The molecular formula is C6H11NO3. The van der Waals surface area contributed by atoms with E-state index in [-0.39, 0.29) is 12.6 Å². The van der Waals surface area contributed by atoms with E-state index in [1.54, 1.807) is 7.05 Å². The number of carbonyl (C=O) groups is 2. The van der Waals surface area contributed by atoms with Crippen molar-refractivity contribution in [1.29, 1.82) is 0 Å². The van der Waals surface area contributed by atoms with Crippen molar-refractivity contribution in [1.82, 2.24) is 5.32 Å². The van der Waals surface area contributed by atoms with Gasteiger partial charge in [-0.05, 0) is 7.05 Å². The van der Waals surface area contributed by atoms with E-state index >= 15 is 0 Å². The SMILES string of the molecule is CNCCC(=O)OCC=O. The highest BCUT2D eigenvalue weighted by atomic mass is 16.5. The fourth-order valence-electron chi connectivity index (χ4n) is 0.426. The number of aldehydes is 1. The van der Waals surface area contributed by atoms with Crippen molar-refractivity contribution in [2.75, 3.05) is 20.2 Å². The number of esters is 1. The molecule has 0 atom stereocenters. The molecule has 0 fully saturated rings. The van der Waals surface area contributed by atoms with Crippen molar-refractivity contribution in [2.24, 2.45) is 0 Å². The van der Waals surface area contributed by atoms with Gasteiger partial charge in [-0.2, -0.15) is 0 Å². The molecule has 10 heavy (non-hydrogen) atoms. The third kappa shape index (κ3) is 5.24. The summed E-state index contributed by atoms with van der Waals surface area (Å²) in [7, 11) is 1.74. The first-order chi connectivity index (χ1) is 4.81. The molecule has 0 aromatic carbocycles. The Morgan fingerprint density at radius 3 is 2.90 bits per heavy atom. The minimum atomic E-state index is -0.346. The van der Waals surface area contributed by atoms with Crippen molar-refractivity contribution in [3.63, 3.8) is 0 Å². The first-order valence-corrected chi connectivity index (χ1v) is 3.05. The Bertz CT molecular complexity index is 114. The first-order valence-electron chi connectivity index (χ1n) is 3.05. The number of rotatable bonds is 5. The lowest BCUT2D eigenvalue weighted by molar-refractivity contribution is -0.145. The molecule has 0 radical (unpaired) electrons. The molecular weight excluding hydrogens is 134 g/mol. The van der Waals surface area contributed by atoms with Gasteiger partial charge in [0, 0.05) is 6.54 Å². The predicted octanol–water partition coefficient (Wildman–Crippen LogP) is -0.662. The average Bonchev–Trinajstić information content (AvgIpc) is 1.97. The van der Waals surface area contributed by atoms with Gasteiger partial charge in [-0.1, -0.05) is 0 Å². The monoisotopic (exact) mass is 145 g/mol. The smallest absolute Gasteiger partial charge is 0.307 e. The van der Waals surface area contributed by atoms with E-state index in [0.717, 1.165) is 0 Å². The first kappa shape index (κ1) is 9.10. The lowest BCUT2D eigenvalue weighted by Gasteiger charge is -1.98. The summed E-state index contributed by atoms with van der Waals surface area (Å²) in [6.07, 6.45) is 0.863. The standard InChI is InChI=1S/C6H11NO3/c1-7-3-2-6(9)10-5-4-8/h4,7H,2-3,5H2,1H3. The van der Waals surface area contributed by atoms with Gasteiger partial charge in [-0.3, -0.25) is 9.59 Å². The van der Waals surface area contributed by atoms with Crippen molar-refractivity contribution in [2.45, 2.75) is 6.42 Å². The van der Waals surface area contributed by atoms with Gasteiger partial charge < -0.3 is 10.1 Å². The van der Waals surface area contributed by atoms with Crippen LogP contribution in [-0.2, 0) is 14.3 Å². The van der Waals surface area contributed by atoms with Gasteiger partial charge in [0.25, 0.3) is 0 Å². The van der Waals surface area contributed by atoms with Gasteiger partial charge in [0.2, 0.25) is 0 Å². The van der Waals surface area contributed by atoms with Crippen LogP contribution in [0, 0.1) is 0 Å². The second kappa shape index (κ2) is 6.22. The van der Waals surface area contributed by atoms with Crippen LogP contribution in [0.4, 0.5) is 0 Å². The molecule has 0 aromatic rings. The van der Waals surface area contributed by atoms with E-state index in [0.29, 0.717) is 19.3 Å². The molecule has 0 saturated carbocycles. The highest BCUT2D eigenvalue weighted by molar-refractivity contribution is 5.71. The minimum Gasteiger partial charge on any atom is -0.458 e. The maximum Gasteiger partial charge on any atom is 0.307 e. The lowest BCUT2D eigenvalue weighted by atomic mass is 10.4. The summed E-state index contributed by atoms with van der Waals surface area (Å²) in [6.45, 7) is 0.445. The molecule has 0 spiro atoms. The van der Waals surface area contributed by atoms with Gasteiger partial charge in [0.1, 0.15) is 6.61 Å². The quantitative estimate of drug-likeness (QED) is 0.412. The highest BCUT2D eigenvalue weighted by Gasteiger charge is 1.98. The summed E-state index contributed by atoms with van der Waals surface area (Å²) in [6, 6.07) is 0. The minimum absolute atomic E-state index is 0.136. The van der Waals surface area contributed by atoms with E-state index in [1.165, 1.54) is 0 Å². The van der Waals surface area contributed by atoms with Crippen LogP contribution in [0.5, 0.6) is 0 Å². The Labute approximate surface area is 59.6 Å². The third-order valence-electron chi connectivity index (χ3n) is 0.891. The summed E-state index contributed by atoms with van der Waals surface area (Å²) in [5.74, 6) is -0.346. The maximum absolute atomic E-state index is 10.5. The molecule has 0 aliphatic carbocycles. The largest absolute Gasteiger partial charge is 0.458 e. The Balaban J connectivity index is 3.16. The summed E-state index contributed by atoms with van der Waals surface area (Å²) in [5, 5.41) is 2.79. The zero-order valence-corrected chi connectivity index (χ0v) is 5.92. The van der Waals surface area contributed by atoms with Crippen LogP contribution >= 0.6 is 0 Å². The van der Waals surface area contributed by atoms with E-state index in [1.807, 2.05) is 0 Å². The zero-order valence-electron chi connectivity index (χ0n) is 5.92. The molecule has 0 rings (SSSR count). The van der Waals surface area contributed by atoms with E-state index in [2.05, 4.69) is 10.1 Å². The van der Waals surface area contributed by atoms with Gasteiger partial charge >= 0.3 is 5.97 Å². The lowest BCUT2D eigenvalue weighted by Crippen LogP contribution is -2.15. The number of nitrogens with one attached hydrogen (secondary N) is 1. The summed E-state index contributed by atoms with van der Waals surface area (Å²) < 4.78 is 4.45. The second-order valence-electron chi connectivity index (χ2n) is 1.70. The van der Waals surface area contributed by atoms with Crippen LogP contribution in [0.15, 0.2) is 0 Å². The molecule has 0 heterocycles. The predicted molar refractivity (Wildman–Crippen MR) is 35.6 cm³/mol. The van der Waals surface area contributed by atoms with Gasteiger partial charge in [-0.25, -0.2) is 0 Å². The second-order valence-corrected chi connectivity index (χ2v) is 1.70. The Hall–Kier alpha value is -0.900. The van der Waals surface area contributed by atoms with Gasteiger partial charge in [0.05, 0.1) is 6.42 Å². The Morgan fingerprint density at radius 1 is 1.70 bits per heavy atom. The number of hydrogen-bond acceptors (Lipinski definition) is 4. The van der Waals surface area contributed by atoms with Crippen LogP contribution in [0.1, 0.15) is 6.42 Å². The fraction of sp³-hybridized carbons (Fsp3) is 0.667. The van der Waals surface area contributed by atoms with Crippen molar-refractivity contribution in [3.8, 4) is 0 Å². The van der Waals surface area contributed by atoms with Crippen LogP contribution < -0.4 is 5.32 Å². The Kier molecular flexibility index (Phi) is 5.66. The van der Waals surface area contributed by atoms with Crippen LogP contribution in [0.2, 0.25) is 0 Å². The number of carbonyl (C=O) groups excluding carboxylic acids is 2. The molecule has 1 N–H and O–H groups in total. The fourth-order valence-corrected chi connectivity index (χ4v) is 0.426.